The van der Waals surface area contributed by atoms with Crippen LogP contribution >= 0.6 is 0 Å². The molecule has 128 valence electrons. The fourth-order valence-corrected chi connectivity index (χ4v) is 2.06. The number of hydrogen-bond acceptors (Lipinski definition) is 3. The van der Waals surface area contributed by atoms with E-state index in [4.69, 9.17) is 0 Å². The van der Waals surface area contributed by atoms with Gasteiger partial charge < -0.3 is 15.7 Å². The first-order chi connectivity index (χ1) is 11.3. The van der Waals surface area contributed by atoms with Crippen LogP contribution in [0.2, 0.25) is 0 Å². The molecule has 0 radical (unpaired) electrons. The smallest absolute Gasteiger partial charge is 0.392 e. The van der Waals surface area contributed by atoms with Crippen molar-refractivity contribution in [3.8, 4) is 0 Å². The van der Waals surface area contributed by atoms with E-state index in [2.05, 4.69) is 10.6 Å². The molecule has 0 aliphatic carbocycles. The SMILES string of the molecule is CC(O)CNc1ccc(NC(=O)c2ccccc2)cc1C(F)(F)F. The van der Waals surface area contributed by atoms with Crippen molar-refractivity contribution >= 4 is 17.3 Å². The number of alkyl halides is 3. The van der Waals surface area contributed by atoms with Crippen LogP contribution in [0.15, 0.2) is 48.5 Å². The van der Waals surface area contributed by atoms with E-state index in [-0.39, 0.29) is 17.9 Å². The second-order valence-corrected chi connectivity index (χ2v) is 5.31. The van der Waals surface area contributed by atoms with Gasteiger partial charge in [0, 0.05) is 23.5 Å². The fraction of sp³-hybridized carbons (Fsp3) is 0.235. The van der Waals surface area contributed by atoms with Crippen molar-refractivity contribution in [2.75, 3.05) is 17.2 Å². The number of rotatable bonds is 5. The molecule has 2 aromatic carbocycles. The Morgan fingerprint density at radius 1 is 1.17 bits per heavy atom. The average molecular weight is 338 g/mol. The standard InChI is InChI=1S/C17H17F3N2O2/c1-11(23)10-21-15-8-7-13(9-14(15)17(18,19)20)22-16(24)12-5-3-2-4-6-12/h2-9,11,21,23H,10H2,1H3,(H,22,24). The Kier molecular flexibility index (Phi) is 5.46. The Labute approximate surface area is 137 Å². The Hall–Kier alpha value is -2.54. The highest BCUT2D eigenvalue weighted by Crippen LogP contribution is 2.36. The van der Waals surface area contributed by atoms with Gasteiger partial charge >= 0.3 is 6.18 Å². The predicted molar refractivity (Wildman–Crippen MR) is 86.0 cm³/mol. The van der Waals surface area contributed by atoms with Crippen LogP contribution in [0.1, 0.15) is 22.8 Å². The van der Waals surface area contributed by atoms with Crippen molar-refractivity contribution in [1.29, 1.82) is 0 Å². The lowest BCUT2D eigenvalue weighted by atomic mass is 10.1. The van der Waals surface area contributed by atoms with E-state index in [0.29, 0.717) is 5.56 Å². The number of carbonyl (C=O) groups is 1. The first-order valence-corrected chi connectivity index (χ1v) is 7.27. The van der Waals surface area contributed by atoms with Gasteiger partial charge in [-0.3, -0.25) is 4.79 Å². The van der Waals surface area contributed by atoms with E-state index < -0.39 is 23.8 Å². The number of nitrogens with one attached hydrogen (secondary N) is 2. The minimum atomic E-state index is -4.59. The zero-order valence-corrected chi connectivity index (χ0v) is 12.9. The van der Waals surface area contributed by atoms with Gasteiger partial charge in [0.2, 0.25) is 0 Å². The lowest BCUT2D eigenvalue weighted by Crippen LogP contribution is -2.19. The molecule has 3 N–H and O–H groups in total. The average Bonchev–Trinajstić information content (AvgIpc) is 2.53. The number of anilines is 2. The van der Waals surface area contributed by atoms with Crippen LogP contribution in [0.5, 0.6) is 0 Å². The lowest BCUT2D eigenvalue weighted by molar-refractivity contribution is -0.136. The predicted octanol–water partition coefficient (Wildman–Crippen LogP) is 3.75. The quantitative estimate of drug-likeness (QED) is 0.778. The van der Waals surface area contributed by atoms with Crippen molar-refractivity contribution in [3.63, 3.8) is 0 Å². The molecule has 0 heterocycles. The summed E-state index contributed by atoms with van der Waals surface area (Å²) in [6.07, 6.45) is -5.38. The van der Waals surface area contributed by atoms with Gasteiger partial charge in [-0.2, -0.15) is 13.2 Å². The number of hydrogen-bond donors (Lipinski definition) is 3. The van der Waals surface area contributed by atoms with E-state index >= 15 is 0 Å². The number of aliphatic hydroxyl groups is 1. The van der Waals surface area contributed by atoms with Crippen molar-refractivity contribution in [2.45, 2.75) is 19.2 Å². The largest absolute Gasteiger partial charge is 0.418 e. The maximum atomic E-state index is 13.2. The van der Waals surface area contributed by atoms with Gasteiger partial charge in [-0.05, 0) is 37.3 Å². The lowest BCUT2D eigenvalue weighted by Gasteiger charge is -2.17. The summed E-state index contributed by atoms with van der Waals surface area (Å²) >= 11 is 0. The van der Waals surface area contributed by atoms with Crippen LogP contribution in [0.25, 0.3) is 0 Å². The van der Waals surface area contributed by atoms with E-state index in [9.17, 15) is 23.1 Å². The van der Waals surface area contributed by atoms with Gasteiger partial charge in [-0.15, -0.1) is 0 Å². The molecule has 1 amide bonds. The van der Waals surface area contributed by atoms with Crippen LogP contribution in [-0.4, -0.2) is 23.7 Å². The van der Waals surface area contributed by atoms with E-state index in [0.717, 1.165) is 6.07 Å². The second kappa shape index (κ2) is 7.35. The summed E-state index contributed by atoms with van der Waals surface area (Å²) in [5.41, 5.74) is -0.670. The van der Waals surface area contributed by atoms with E-state index in [1.54, 1.807) is 30.3 Å². The van der Waals surface area contributed by atoms with E-state index in [1.165, 1.54) is 19.1 Å². The van der Waals surface area contributed by atoms with Gasteiger partial charge in [-0.1, -0.05) is 18.2 Å². The third-order valence-corrected chi connectivity index (χ3v) is 3.21. The summed E-state index contributed by atoms with van der Waals surface area (Å²) in [6.45, 7) is 1.45. The zero-order chi connectivity index (χ0) is 17.7. The van der Waals surface area contributed by atoms with Crippen LogP contribution in [-0.2, 0) is 6.18 Å². The van der Waals surface area contributed by atoms with Crippen molar-refractivity contribution in [3.05, 3.63) is 59.7 Å². The van der Waals surface area contributed by atoms with Crippen LogP contribution < -0.4 is 10.6 Å². The number of halogens is 3. The molecule has 7 heteroatoms. The highest BCUT2D eigenvalue weighted by atomic mass is 19.4. The maximum absolute atomic E-state index is 13.2. The van der Waals surface area contributed by atoms with Crippen molar-refractivity contribution in [1.82, 2.24) is 0 Å². The minimum absolute atomic E-state index is 0.0151. The Bertz CT molecular complexity index is 701. The summed E-state index contributed by atoms with van der Waals surface area (Å²) in [7, 11) is 0. The normalized spacial score (nSPS) is 12.5. The number of amides is 1. The molecule has 0 saturated heterocycles. The first-order valence-electron chi connectivity index (χ1n) is 7.27. The molecule has 0 spiro atoms. The van der Waals surface area contributed by atoms with Gasteiger partial charge in [-0.25, -0.2) is 0 Å². The molecule has 0 aromatic heterocycles. The third-order valence-electron chi connectivity index (χ3n) is 3.21. The first kappa shape index (κ1) is 17.8. The van der Waals surface area contributed by atoms with Gasteiger partial charge in [0.25, 0.3) is 5.91 Å². The van der Waals surface area contributed by atoms with Gasteiger partial charge in [0.05, 0.1) is 11.7 Å². The Balaban J connectivity index is 2.24. The Morgan fingerprint density at radius 2 is 1.83 bits per heavy atom. The third kappa shape index (κ3) is 4.73. The highest BCUT2D eigenvalue weighted by molar-refractivity contribution is 6.04. The summed E-state index contributed by atoms with van der Waals surface area (Å²) in [5, 5.41) is 14.2. The molecule has 2 rings (SSSR count). The number of benzene rings is 2. The molecule has 0 bridgehead atoms. The van der Waals surface area contributed by atoms with Crippen LogP contribution in [0, 0.1) is 0 Å². The van der Waals surface area contributed by atoms with Gasteiger partial charge in [0.15, 0.2) is 0 Å². The molecular formula is C17H17F3N2O2. The number of carbonyl (C=O) groups excluding carboxylic acids is 1. The summed E-state index contributed by atoms with van der Waals surface area (Å²) in [4.78, 5) is 12.0. The molecule has 2 aromatic rings. The Morgan fingerprint density at radius 3 is 2.42 bits per heavy atom. The van der Waals surface area contributed by atoms with Crippen molar-refractivity contribution in [2.24, 2.45) is 0 Å². The fourth-order valence-electron chi connectivity index (χ4n) is 2.06. The zero-order valence-electron chi connectivity index (χ0n) is 12.9. The molecule has 0 saturated carbocycles. The topological polar surface area (TPSA) is 61.4 Å². The molecule has 0 aliphatic heterocycles. The minimum Gasteiger partial charge on any atom is -0.392 e. The summed E-state index contributed by atoms with van der Waals surface area (Å²) in [5.74, 6) is -0.492. The van der Waals surface area contributed by atoms with Crippen LogP contribution in [0.4, 0.5) is 24.5 Å². The molecule has 1 atom stereocenters. The van der Waals surface area contributed by atoms with Gasteiger partial charge in [0.1, 0.15) is 0 Å². The van der Waals surface area contributed by atoms with E-state index in [1.807, 2.05) is 0 Å². The van der Waals surface area contributed by atoms with Crippen LogP contribution in [0.3, 0.4) is 0 Å². The van der Waals surface area contributed by atoms with Crippen molar-refractivity contribution < 1.29 is 23.1 Å². The molecular weight excluding hydrogens is 321 g/mol. The monoisotopic (exact) mass is 338 g/mol. The molecule has 0 fully saturated rings. The molecule has 0 aliphatic rings. The highest BCUT2D eigenvalue weighted by Gasteiger charge is 2.34. The molecule has 4 nitrogen and oxygen atoms in total. The molecule has 1 unspecified atom stereocenters. The number of aliphatic hydroxyl groups excluding tert-OH is 1. The summed E-state index contributed by atoms with van der Waals surface area (Å²) in [6, 6.07) is 11.7. The maximum Gasteiger partial charge on any atom is 0.418 e. The summed E-state index contributed by atoms with van der Waals surface area (Å²) < 4.78 is 39.6. The second-order valence-electron chi connectivity index (χ2n) is 5.31. The molecule has 24 heavy (non-hydrogen) atoms.